The minimum Gasteiger partial charge on any atom is -0.469 e. The van der Waals surface area contributed by atoms with Gasteiger partial charge >= 0.3 is 5.97 Å². The summed E-state index contributed by atoms with van der Waals surface area (Å²) in [6.45, 7) is 0.405. The Morgan fingerprint density at radius 1 is 1.39 bits per heavy atom. The van der Waals surface area contributed by atoms with Gasteiger partial charge in [-0.3, -0.25) is 4.79 Å². The molecule has 1 aromatic rings. The van der Waals surface area contributed by atoms with Crippen molar-refractivity contribution in [2.24, 2.45) is 5.41 Å². The minimum absolute atomic E-state index is 0.0507. The first-order chi connectivity index (χ1) is 11.1. The highest BCUT2D eigenvalue weighted by molar-refractivity contribution is 6.67. The molecule has 0 spiro atoms. The molecule has 1 aliphatic heterocycles. The molecular formula is C17H22BNO4. The lowest BCUT2D eigenvalue weighted by Crippen LogP contribution is -2.48. The molecule has 1 unspecified atom stereocenters. The largest absolute Gasteiger partial charge is 0.469 e. The number of aliphatic hydroxyl groups excluding tert-OH is 1. The number of esters is 1. The van der Waals surface area contributed by atoms with Gasteiger partial charge in [-0.2, -0.15) is 0 Å². The Balaban J connectivity index is 1.96. The van der Waals surface area contributed by atoms with Crippen LogP contribution in [-0.4, -0.2) is 37.6 Å². The highest BCUT2D eigenvalue weighted by atomic mass is 16.5. The van der Waals surface area contributed by atoms with Crippen molar-refractivity contribution in [3.8, 4) is 5.97 Å². The maximum Gasteiger partial charge on any atom is 0.314 e. The summed E-state index contributed by atoms with van der Waals surface area (Å²) < 4.78 is 10.5. The van der Waals surface area contributed by atoms with Crippen molar-refractivity contribution in [1.29, 1.82) is 5.26 Å². The van der Waals surface area contributed by atoms with Gasteiger partial charge in [-0.25, -0.2) is 5.26 Å². The molecule has 0 radical (unpaired) electrons. The van der Waals surface area contributed by atoms with E-state index in [0.717, 1.165) is 5.56 Å². The lowest BCUT2D eigenvalue weighted by Gasteiger charge is -2.38. The van der Waals surface area contributed by atoms with Crippen LogP contribution in [0, 0.1) is 16.6 Å². The Hall–Kier alpha value is -1.84. The van der Waals surface area contributed by atoms with Gasteiger partial charge in [-0.05, 0) is 18.4 Å². The van der Waals surface area contributed by atoms with Crippen molar-refractivity contribution >= 4 is 12.7 Å². The van der Waals surface area contributed by atoms with Crippen LogP contribution in [0.3, 0.4) is 0 Å². The Kier molecular flexibility index (Phi) is 6.20. The molecule has 6 heteroatoms. The topological polar surface area (TPSA) is 79.6 Å². The number of methoxy groups -OCH3 is 1. The molecule has 122 valence electrons. The Labute approximate surface area is 137 Å². The van der Waals surface area contributed by atoms with Crippen LogP contribution in [0.2, 0.25) is 12.6 Å². The Morgan fingerprint density at radius 2 is 2.04 bits per heavy atom. The highest BCUT2D eigenvalue weighted by Crippen LogP contribution is 2.41. The van der Waals surface area contributed by atoms with E-state index in [9.17, 15) is 9.90 Å². The van der Waals surface area contributed by atoms with Crippen LogP contribution in [0.15, 0.2) is 30.3 Å². The fourth-order valence-electron chi connectivity index (χ4n) is 3.16. The molecule has 0 saturated carbocycles. The fourth-order valence-corrected chi connectivity index (χ4v) is 3.16. The van der Waals surface area contributed by atoms with E-state index in [0.29, 0.717) is 32.1 Å². The maximum absolute atomic E-state index is 12.2. The van der Waals surface area contributed by atoms with Gasteiger partial charge in [-0.15, -0.1) is 0 Å². The molecule has 0 aliphatic carbocycles. The summed E-state index contributed by atoms with van der Waals surface area (Å²) in [6.07, 6.45) is 1.17. The van der Waals surface area contributed by atoms with Crippen LogP contribution < -0.4 is 0 Å². The van der Waals surface area contributed by atoms with Crippen molar-refractivity contribution in [2.45, 2.75) is 38.2 Å². The Bertz CT molecular complexity index is 549. The molecule has 1 aliphatic rings. The van der Waals surface area contributed by atoms with Gasteiger partial charge in [-0.1, -0.05) is 43.0 Å². The molecule has 1 N–H and O–H groups in total. The molecule has 0 bridgehead atoms. The van der Waals surface area contributed by atoms with Crippen LogP contribution in [0.1, 0.15) is 18.4 Å². The number of ether oxygens (including phenoxy) is 2. The molecule has 2 rings (SSSR count). The van der Waals surface area contributed by atoms with Crippen molar-refractivity contribution in [1.82, 2.24) is 0 Å². The zero-order chi connectivity index (χ0) is 16.7. The van der Waals surface area contributed by atoms with E-state index in [4.69, 9.17) is 14.7 Å². The first kappa shape index (κ1) is 17.5. The number of aliphatic hydroxyl groups is 1. The number of rotatable bonds is 6. The lowest BCUT2D eigenvalue weighted by atomic mass is 9.39. The summed E-state index contributed by atoms with van der Waals surface area (Å²) in [4.78, 5) is 12.2. The van der Waals surface area contributed by atoms with Gasteiger partial charge in [0, 0.05) is 5.97 Å². The second-order valence-corrected chi connectivity index (χ2v) is 6.07. The van der Waals surface area contributed by atoms with E-state index in [1.165, 1.54) is 7.11 Å². The third-order valence-electron chi connectivity index (χ3n) is 4.68. The van der Waals surface area contributed by atoms with E-state index in [2.05, 4.69) is 5.97 Å². The van der Waals surface area contributed by atoms with Crippen molar-refractivity contribution in [3.63, 3.8) is 0 Å². The molecule has 1 aromatic carbocycles. The second kappa shape index (κ2) is 8.14. The SMILES string of the molecule is COC(=O)C1(C(O)COCc2ccccc2)CCB(C#N)CC1. The summed E-state index contributed by atoms with van der Waals surface area (Å²) in [5.41, 5.74) is 0.0544. The number of nitrogens with zero attached hydrogens (tertiary/aromatic N) is 1. The monoisotopic (exact) mass is 315 g/mol. The van der Waals surface area contributed by atoms with Crippen LogP contribution >= 0.6 is 0 Å². The van der Waals surface area contributed by atoms with Gasteiger partial charge in [0.2, 0.25) is 0 Å². The van der Waals surface area contributed by atoms with Crippen LogP contribution in [0.25, 0.3) is 0 Å². The number of carbonyl (C=O) groups is 1. The summed E-state index contributed by atoms with van der Waals surface area (Å²) >= 11 is 0. The first-order valence-electron chi connectivity index (χ1n) is 7.90. The zero-order valence-electron chi connectivity index (χ0n) is 13.4. The smallest absolute Gasteiger partial charge is 0.314 e. The van der Waals surface area contributed by atoms with Crippen LogP contribution in [0.5, 0.6) is 0 Å². The predicted octanol–water partition coefficient (Wildman–Crippen LogP) is 2.07. The summed E-state index contributed by atoms with van der Waals surface area (Å²) in [6, 6.07) is 9.67. The van der Waals surface area contributed by atoms with Crippen molar-refractivity contribution in [3.05, 3.63) is 35.9 Å². The predicted molar refractivity (Wildman–Crippen MR) is 86.8 cm³/mol. The highest BCUT2D eigenvalue weighted by Gasteiger charge is 2.49. The quantitative estimate of drug-likeness (QED) is 0.642. The molecule has 5 nitrogen and oxygen atoms in total. The van der Waals surface area contributed by atoms with E-state index >= 15 is 0 Å². The lowest BCUT2D eigenvalue weighted by molar-refractivity contribution is -0.165. The van der Waals surface area contributed by atoms with Gasteiger partial charge in [0.15, 0.2) is 0 Å². The summed E-state index contributed by atoms with van der Waals surface area (Å²) in [7, 11) is 1.33. The van der Waals surface area contributed by atoms with Crippen molar-refractivity contribution in [2.75, 3.05) is 13.7 Å². The summed E-state index contributed by atoms with van der Waals surface area (Å²) in [5, 5.41) is 19.6. The third kappa shape index (κ3) is 4.12. The second-order valence-electron chi connectivity index (χ2n) is 6.07. The Morgan fingerprint density at radius 3 is 2.61 bits per heavy atom. The van der Waals surface area contributed by atoms with E-state index in [-0.39, 0.29) is 13.3 Å². The van der Waals surface area contributed by atoms with E-state index < -0.39 is 17.5 Å². The third-order valence-corrected chi connectivity index (χ3v) is 4.68. The average molecular weight is 315 g/mol. The zero-order valence-corrected chi connectivity index (χ0v) is 13.4. The molecule has 0 amide bonds. The number of carbonyl (C=O) groups excluding carboxylic acids is 1. The van der Waals surface area contributed by atoms with Gasteiger partial charge in [0.25, 0.3) is 6.71 Å². The van der Waals surface area contributed by atoms with Gasteiger partial charge in [0.05, 0.1) is 31.8 Å². The normalized spacial score (nSPS) is 18.0. The van der Waals surface area contributed by atoms with Crippen molar-refractivity contribution < 1.29 is 19.4 Å². The van der Waals surface area contributed by atoms with E-state index in [1.807, 2.05) is 30.3 Å². The number of hydrogen-bond acceptors (Lipinski definition) is 5. The molecule has 1 fully saturated rings. The molecule has 1 atom stereocenters. The fraction of sp³-hybridized carbons (Fsp3) is 0.529. The molecule has 1 heterocycles. The van der Waals surface area contributed by atoms with Crippen LogP contribution in [-0.2, 0) is 20.9 Å². The standard InChI is InChI=1S/C17H22BNO4/c1-22-16(21)17(7-9-18(13-19)10-8-17)15(20)12-23-11-14-5-3-2-4-6-14/h2-6,15,20H,7-12H2,1H3. The molecule has 1 saturated heterocycles. The average Bonchev–Trinajstić information content (AvgIpc) is 2.61. The molecular weight excluding hydrogens is 293 g/mol. The molecule has 0 aromatic heterocycles. The number of benzene rings is 1. The number of nitriles is 1. The van der Waals surface area contributed by atoms with Crippen LogP contribution in [0.4, 0.5) is 0 Å². The molecule has 23 heavy (non-hydrogen) atoms. The maximum atomic E-state index is 12.2. The minimum atomic E-state index is -0.960. The van der Waals surface area contributed by atoms with E-state index in [1.54, 1.807) is 0 Å². The van der Waals surface area contributed by atoms with Gasteiger partial charge in [0.1, 0.15) is 0 Å². The first-order valence-corrected chi connectivity index (χ1v) is 7.90. The summed E-state index contributed by atoms with van der Waals surface area (Å²) in [5.74, 6) is 1.82. The van der Waals surface area contributed by atoms with Gasteiger partial charge < -0.3 is 14.6 Å². The number of hydrogen-bond donors (Lipinski definition) is 1.